The van der Waals surface area contributed by atoms with E-state index < -0.39 is 5.97 Å². The van der Waals surface area contributed by atoms with Gasteiger partial charge >= 0.3 is 5.97 Å². The summed E-state index contributed by atoms with van der Waals surface area (Å²) in [6.07, 6.45) is 0.329. The van der Waals surface area contributed by atoms with Crippen LogP contribution in [-0.4, -0.2) is 23.5 Å². The fraction of sp³-hybridized carbons (Fsp3) is 0.200. The molecule has 72 valence electrons. The molecule has 4 nitrogen and oxygen atoms in total. The molecule has 1 aliphatic rings. The Morgan fingerprint density at radius 1 is 1.43 bits per heavy atom. The van der Waals surface area contributed by atoms with Crippen LogP contribution in [0.2, 0.25) is 0 Å². The van der Waals surface area contributed by atoms with Crippen LogP contribution in [0.25, 0.3) is 0 Å². The molecule has 0 saturated carbocycles. The molecule has 0 atom stereocenters. The minimum atomic E-state index is -0.992. The van der Waals surface area contributed by atoms with E-state index in [0.29, 0.717) is 12.2 Å². The Labute approximate surface area is 80.1 Å². The summed E-state index contributed by atoms with van der Waals surface area (Å²) in [7, 11) is 0. The Bertz CT molecular complexity index is 409. The zero-order chi connectivity index (χ0) is 10.1. The largest absolute Gasteiger partial charge is 0.486 e. The molecular formula is C10H8O4. The average Bonchev–Trinajstić information content (AvgIpc) is 2.16. The lowest BCUT2D eigenvalue weighted by atomic mass is 10.0. The van der Waals surface area contributed by atoms with E-state index in [2.05, 4.69) is 0 Å². The number of rotatable bonds is 1. The minimum Gasteiger partial charge on any atom is -0.486 e. The van der Waals surface area contributed by atoms with Crippen LogP contribution in [0.1, 0.15) is 15.9 Å². The van der Waals surface area contributed by atoms with Crippen molar-refractivity contribution in [3.8, 4) is 5.75 Å². The van der Waals surface area contributed by atoms with E-state index in [0.717, 1.165) is 5.56 Å². The number of Topliss-reactive ketones (excluding diaryl/α,β-unsaturated/α-hetero) is 1. The van der Waals surface area contributed by atoms with Crippen LogP contribution in [0.4, 0.5) is 0 Å². The molecule has 0 radical (unpaired) electrons. The number of fused-ring (bicyclic) bond motifs is 1. The summed E-state index contributed by atoms with van der Waals surface area (Å²) in [5.41, 5.74) is 0.935. The molecule has 0 aliphatic carbocycles. The van der Waals surface area contributed by atoms with Gasteiger partial charge in [0, 0.05) is 12.0 Å². The molecule has 14 heavy (non-hydrogen) atoms. The highest BCUT2D eigenvalue weighted by molar-refractivity contribution is 5.89. The Kier molecular flexibility index (Phi) is 1.96. The van der Waals surface area contributed by atoms with Crippen molar-refractivity contribution in [2.24, 2.45) is 0 Å². The van der Waals surface area contributed by atoms with Gasteiger partial charge in [0.2, 0.25) is 0 Å². The first-order valence-electron chi connectivity index (χ1n) is 4.17. The number of hydrogen-bond donors (Lipinski definition) is 1. The predicted octanol–water partition coefficient (Wildman–Crippen LogP) is 0.889. The molecule has 0 unspecified atom stereocenters. The standard InChI is InChI=1S/C10H8O4/c11-8-3-6-1-2-7(10(12)13)4-9(6)14-5-8/h1-2,4H,3,5H2,(H,12,13). The van der Waals surface area contributed by atoms with E-state index in [1.807, 2.05) is 0 Å². The predicted molar refractivity (Wildman–Crippen MR) is 47.6 cm³/mol. The number of ketones is 1. The number of carbonyl (C=O) groups is 2. The van der Waals surface area contributed by atoms with Crippen molar-refractivity contribution in [3.63, 3.8) is 0 Å². The van der Waals surface area contributed by atoms with Crippen LogP contribution in [0.15, 0.2) is 18.2 Å². The third-order valence-corrected chi connectivity index (χ3v) is 2.09. The van der Waals surface area contributed by atoms with E-state index in [4.69, 9.17) is 9.84 Å². The zero-order valence-corrected chi connectivity index (χ0v) is 7.32. The van der Waals surface area contributed by atoms with Crippen molar-refractivity contribution in [3.05, 3.63) is 29.3 Å². The molecule has 0 fully saturated rings. The van der Waals surface area contributed by atoms with Gasteiger partial charge in [-0.2, -0.15) is 0 Å². The van der Waals surface area contributed by atoms with Gasteiger partial charge in [-0.1, -0.05) is 6.07 Å². The quantitative estimate of drug-likeness (QED) is 0.717. The smallest absolute Gasteiger partial charge is 0.335 e. The van der Waals surface area contributed by atoms with Gasteiger partial charge in [-0.25, -0.2) is 4.79 Å². The molecule has 0 saturated heterocycles. The second-order valence-corrected chi connectivity index (χ2v) is 3.13. The summed E-state index contributed by atoms with van der Waals surface area (Å²) >= 11 is 0. The van der Waals surface area contributed by atoms with Crippen molar-refractivity contribution in [2.45, 2.75) is 6.42 Å². The molecule has 0 bridgehead atoms. The molecule has 0 aromatic heterocycles. The summed E-state index contributed by atoms with van der Waals surface area (Å²) in [5.74, 6) is -0.474. The molecule has 0 spiro atoms. The van der Waals surface area contributed by atoms with Gasteiger partial charge in [0.05, 0.1) is 5.56 Å². The maximum atomic E-state index is 11.0. The summed E-state index contributed by atoms with van der Waals surface area (Å²) < 4.78 is 5.11. The summed E-state index contributed by atoms with van der Waals surface area (Å²) in [4.78, 5) is 21.6. The first kappa shape index (κ1) is 8.74. The lowest BCUT2D eigenvalue weighted by Crippen LogP contribution is -2.20. The second-order valence-electron chi connectivity index (χ2n) is 3.13. The first-order valence-corrected chi connectivity index (χ1v) is 4.17. The molecule has 1 heterocycles. The summed E-state index contributed by atoms with van der Waals surface area (Å²) in [5, 5.41) is 8.72. The number of carboxylic acid groups (broad SMARTS) is 1. The maximum Gasteiger partial charge on any atom is 0.335 e. The summed E-state index contributed by atoms with van der Waals surface area (Å²) in [6, 6.07) is 4.54. The van der Waals surface area contributed by atoms with E-state index in [9.17, 15) is 9.59 Å². The zero-order valence-electron chi connectivity index (χ0n) is 7.32. The first-order chi connectivity index (χ1) is 6.66. The van der Waals surface area contributed by atoms with Crippen LogP contribution in [0, 0.1) is 0 Å². The van der Waals surface area contributed by atoms with E-state index in [1.165, 1.54) is 12.1 Å². The van der Waals surface area contributed by atoms with Crippen molar-refractivity contribution in [1.29, 1.82) is 0 Å². The highest BCUT2D eigenvalue weighted by Gasteiger charge is 2.17. The molecule has 0 amide bonds. The van der Waals surface area contributed by atoms with Crippen molar-refractivity contribution >= 4 is 11.8 Å². The molecule has 1 N–H and O–H groups in total. The Hall–Kier alpha value is -1.84. The molecule has 1 aliphatic heterocycles. The molecule has 4 heteroatoms. The highest BCUT2D eigenvalue weighted by Crippen LogP contribution is 2.24. The number of ether oxygens (including phenoxy) is 1. The maximum absolute atomic E-state index is 11.0. The Morgan fingerprint density at radius 2 is 2.21 bits per heavy atom. The number of carboxylic acids is 1. The van der Waals surface area contributed by atoms with Gasteiger partial charge < -0.3 is 9.84 Å². The lowest BCUT2D eigenvalue weighted by molar-refractivity contribution is -0.121. The third-order valence-electron chi connectivity index (χ3n) is 2.09. The lowest BCUT2D eigenvalue weighted by Gasteiger charge is -2.16. The van der Waals surface area contributed by atoms with Crippen LogP contribution in [-0.2, 0) is 11.2 Å². The van der Waals surface area contributed by atoms with Gasteiger partial charge in [0.25, 0.3) is 0 Å². The van der Waals surface area contributed by atoms with Gasteiger partial charge in [0.15, 0.2) is 5.78 Å². The summed E-state index contributed by atoms with van der Waals surface area (Å²) in [6.45, 7) is 0.0378. The molecule has 1 aromatic rings. The second kappa shape index (κ2) is 3.14. The van der Waals surface area contributed by atoms with Crippen LogP contribution in [0.5, 0.6) is 5.75 Å². The molecular weight excluding hydrogens is 184 g/mol. The molecule has 1 aromatic carbocycles. The Balaban J connectivity index is 2.41. The van der Waals surface area contributed by atoms with Crippen LogP contribution >= 0.6 is 0 Å². The van der Waals surface area contributed by atoms with Crippen molar-refractivity contribution in [1.82, 2.24) is 0 Å². The average molecular weight is 192 g/mol. The van der Waals surface area contributed by atoms with Gasteiger partial charge in [-0.3, -0.25) is 4.79 Å². The van der Waals surface area contributed by atoms with Gasteiger partial charge in [-0.05, 0) is 12.1 Å². The fourth-order valence-electron chi connectivity index (χ4n) is 1.39. The normalized spacial score (nSPS) is 14.4. The van der Waals surface area contributed by atoms with Crippen molar-refractivity contribution < 1.29 is 19.4 Å². The third kappa shape index (κ3) is 1.46. The van der Waals surface area contributed by atoms with Gasteiger partial charge in [-0.15, -0.1) is 0 Å². The Morgan fingerprint density at radius 3 is 2.93 bits per heavy atom. The fourth-order valence-corrected chi connectivity index (χ4v) is 1.39. The number of benzene rings is 1. The van der Waals surface area contributed by atoms with E-state index in [-0.39, 0.29) is 18.0 Å². The van der Waals surface area contributed by atoms with Crippen LogP contribution in [0.3, 0.4) is 0 Å². The monoisotopic (exact) mass is 192 g/mol. The van der Waals surface area contributed by atoms with Crippen molar-refractivity contribution in [2.75, 3.05) is 6.61 Å². The van der Waals surface area contributed by atoms with E-state index >= 15 is 0 Å². The van der Waals surface area contributed by atoms with Gasteiger partial charge in [0.1, 0.15) is 12.4 Å². The topological polar surface area (TPSA) is 63.6 Å². The minimum absolute atomic E-state index is 0.0144. The SMILES string of the molecule is O=C1COc2cc(C(=O)O)ccc2C1. The highest BCUT2D eigenvalue weighted by atomic mass is 16.5. The van der Waals surface area contributed by atoms with Crippen LogP contribution < -0.4 is 4.74 Å². The number of hydrogen-bond acceptors (Lipinski definition) is 3. The van der Waals surface area contributed by atoms with E-state index in [1.54, 1.807) is 6.07 Å². The molecule has 2 rings (SSSR count). The number of aromatic carboxylic acids is 1. The number of carbonyl (C=O) groups excluding carboxylic acids is 1.